The van der Waals surface area contributed by atoms with E-state index in [1.54, 1.807) is 0 Å². The van der Waals surface area contributed by atoms with Gasteiger partial charge in [-0.05, 0) is 59.2 Å². The van der Waals surface area contributed by atoms with E-state index in [9.17, 15) is 0 Å². The number of benzene rings is 4. The van der Waals surface area contributed by atoms with Crippen LogP contribution in [0.2, 0.25) is 0 Å². The van der Waals surface area contributed by atoms with E-state index in [2.05, 4.69) is 108 Å². The first-order valence-corrected chi connectivity index (χ1v) is 11.0. The summed E-state index contributed by atoms with van der Waals surface area (Å²) in [7, 11) is 2.11. The molecule has 152 valence electrons. The van der Waals surface area contributed by atoms with Crippen molar-refractivity contribution in [2.75, 3.05) is 5.32 Å². The molecule has 0 spiro atoms. The summed E-state index contributed by atoms with van der Waals surface area (Å²) in [6.07, 6.45) is 0. The van der Waals surface area contributed by atoms with Gasteiger partial charge in [0.2, 0.25) is 5.52 Å². The molecule has 0 atom stereocenters. The molecule has 0 amide bonds. The molecule has 3 heterocycles. The van der Waals surface area contributed by atoms with E-state index in [-0.39, 0.29) is 6.71 Å². The minimum Gasteiger partial charge on any atom is -0.454 e. The first-order valence-electron chi connectivity index (χ1n) is 11.0. The van der Waals surface area contributed by atoms with Crippen molar-refractivity contribution < 1.29 is 9.30 Å². The third kappa shape index (κ3) is 2.25. The Hall–Kier alpha value is -3.99. The van der Waals surface area contributed by atoms with Gasteiger partial charge in [-0.1, -0.05) is 48.5 Å². The van der Waals surface area contributed by atoms with E-state index in [1.165, 1.54) is 27.5 Å². The Morgan fingerprint density at radius 3 is 2.53 bits per heavy atom. The molecule has 0 bridgehead atoms. The molecule has 2 N–H and O–H groups in total. The molecule has 2 aliphatic heterocycles. The molecule has 0 saturated carbocycles. The predicted molar refractivity (Wildman–Crippen MR) is 131 cm³/mol. The number of nitrogens with zero attached hydrogens (tertiary/aromatic N) is 1. The number of aryl methyl sites for hydroxylation is 2. The summed E-state index contributed by atoms with van der Waals surface area (Å²) < 4.78 is 8.83. The lowest BCUT2D eigenvalue weighted by molar-refractivity contribution is -0.633. The number of imidazole rings is 1. The van der Waals surface area contributed by atoms with Crippen LogP contribution in [0.5, 0.6) is 11.5 Å². The quantitative estimate of drug-likeness (QED) is 0.318. The number of ether oxygens (including phenoxy) is 1. The number of nitrogens with one attached hydrogen (secondary N) is 2. The van der Waals surface area contributed by atoms with Gasteiger partial charge in [-0.2, -0.15) is 0 Å². The Bertz CT molecular complexity index is 1570. The highest BCUT2D eigenvalue weighted by Crippen LogP contribution is 2.35. The van der Waals surface area contributed by atoms with Crippen molar-refractivity contribution in [3.05, 3.63) is 84.4 Å². The van der Waals surface area contributed by atoms with Gasteiger partial charge < -0.3 is 10.1 Å². The Morgan fingerprint density at radius 1 is 0.812 bits per heavy atom. The standard InChI is InChI=1S/C27H20BN3O/c1-16-8-3-4-9-17(16)27-30-25-22(31(27)2)15-14-19-26(25)32-23-13-7-12-21-24(23)28(19)18-10-5-6-11-20(18)29-21/h3-15,29H,1-2H3/p+1. The van der Waals surface area contributed by atoms with Gasteiger partial charge in [0, 0.05) is 11.4 Å². The Labute approximate surface area is 186 Å². The van der Waals surface area contributed by atoms with Crippen molar-refractivity contribution in [2.45, 2.75) is 6.92 Å². The van der Waals surface area contributed by atoms with Gasteiger partial charge in [0.1, 0.15) is 5.75 Å². The second kappa shape index (κ2) is 6.27. The number of fused-ring (bicyclic) bond motifs is 6. The first kappa shape index (κ1) is 17.7. The lowest BCUT2D eigenvalue weighted by atomic mass is 9.34. The normalized spacial score (nSPS) is 13.1. The molecule has 32 heavy (non-hydrogen) atoms. The van der Waals surface area contributed by atoms with E-state index in [0.29, 0.717) is 0 Å². The van der Waals surface area contributed by atoms with Crippen LogP contribution in [0.1, 0.15) is 5.56 Å². The topological polar surface area (TPSA) is 40.9 Å². The largest absolute Gasteiger partial charge is 0.454 e. The highest BCUT2D eigenvalue weighted by Gasteiger charge is 2.40. The Morgan fingerprint density at radius 2 is 1.62 bits per heavy atom. The summed E-state index contributed by atoms with van der Waals surface area (Å²) in [5.41, 5.74) is 10.6. The fraction of sp³-hybridized carbons (Fsp3) is 0.0741. The zero-order valence-corrected chi connectivity index (χ0v) is 17.9. The number of hydrogen-bond donors (Lipinski definition) is 2. The predicted octanol–water partition coefficient (Wildman–Crippen LogP) is 3.65. The Balaban J connectivity index is 1.52. The molecule has 7 rings (SSSR count). The van der Waals surface area contributed by atoms with Crippen LogP contribution in [-0.4, -0.2) is 11.7 Å². The fourth-order valence-corrected chi connectivity index (χ4v) is 5.37. The molecule has 0 radical (unpaired) electrons. The third-order valence-electron chi connectivity index (χ3n) is 6.93. The number of rotatable bonds is 1. The molecule has 5 aromatic rings. The van der Waals surface area contributed by atoms with E-state index >= 15 is 0 Å². The van der Waals surface area contributed by atoms with Crippen molar-refractivity contribution in [3.8, 4) is 22.9 Å². The molecule has 4 aromatic carbocycles. The fourth-order valence-electron chi connectivity index (χ4n) is 5.37. The molecule has 5 heteroatoms. The summed E-state index contributed by atoms with van der Waals surface area (Å²) in [6.45, 7) is 2.29. The number of aromatic nitrogens is 2. The minimum atomic E-state index is 0.141. The summed E-state index contributed by atoms with van der Waals surface area (Å²) in [4.78, 5) is 3.70. The lowest BCUT2D eigenvalue weighted by Gasteiger charge is -2.33. The molecular weight excluding hydrogens is 393 g/mol. The SMILES string of the molecule is Cc1ccccc1-c1[nH]c2c3c(ccc2[n+]1C)B1c2ccccc2Nc2cccc(c21)O3. The third-order valence-corrected chi connectivity index (χ3v) is 6.93. The number of hydrogen-bond acceptors (Lipinski definition) is 2. The van der Waals surface area contributed by atoms with Crippen molar-refractivity contribution in [1.82, 2.24) is 4.98 Å². The van der Waals surface area contributed by atoms with Gasteiger partial charge >= 0.3 is 0 Å². The molecule has 1 aromatic heterocycles. The summed E-state index contributed by atoms with van der Waals surface area (Å²) in [5, 5.41) is 3.60. The van der Waals surface area contributed by atoms with Crippen molar-refractivity contribution in [1.29, 1.82) is 0 Å². The van der Waals surface area contributed by atoms with Crippen LogP contribution < -0.4 is 31.0 Å². The second-order valence-corrected chi connectivity index (χ2v) is 8.69. The van der Waals surface area contributed by atoms with Gasteiger partial charge in [0.25, 0.3) is 12.5 Å². The van der Waals surface area contributed by atoms with Gasteiger partial charge in [-0.15, -0.1) is 0 Å². The number of anilines is 2. The lowest BCUT2D eigenvalue weighted by Crippen LogP contribution is -2.58. The smallest absolute Gasteiger partial charge is 0.287 e. The number of para-hydroxylation sites is 1. The average Bonchev–Trinajstić information content (AvgIpc) is 3.16. The highest BCUT2D eigenvalue weighted by molar-refractivity contribution is 6.99. The van der Waals surface area contributed by atoms with E-state index in [1.807, 2.05) is 0 Å². The molecule has 0 aliphatic carbocycles. The van der Waals surface area contributed by atoms with Gasteiger partial charge in [-0.3, -0.25) is 0 Å². The number of H-pyrrole nitrogens is 1. The van der Waals surface area contributed by atoms with Crippen LogP contribution in [0, 0.1) is 6.92 Å². The summed E-state index contributed by atoms with van der Waals surface area (Å²) >= 11 is 0. The first-order chi connectivity index (χ1) is 15.7. The molecule has 0 saturated heterocycles. The van der Waals surface area contributed by atoms with E-state index in [0.717, 1.165) is 39.7 Å². The maximum Gasteiger partial charge on any atom is 0.287 e. The highest BCUT2D eigenvalue weighted by atomic mass is 16.5. The Kier molecular flexibility index (Phi) is 3.46. The molecule has 0 unspecified atom stereocenters. The van der Waals surface area contributed by atoms with Crippen LogP contribution in [0.4, 0.5) is 11.4 Å². The molecular formula is C27H21BN3O+. The zero-order chi connectivity index (χ0) is 21.4. The van der Waals surface area contributed by atoms with Crippen molar-refractivity contribution >= 4 is 45.5 Å². The van der Waals surface area contributed by atoms with Crippen LogP contribution in [0.15, 0.2) is 78.9 Å². The minimum absolute atomic E-state index is 0.141. The van der Waals surface area contributed by atoms with Gasteiger partial charge in [0.05, 0.1) is 12.6 Å². The molecule has 4 nitrogen and oxygen atoms in total. The zero-order valence-electron chi connectivity index (χ0n) is 17.9. The van der Waals surface area contributed by atoms with Gasteiger partial charge in [-0.25, -0.2) is 9.55 Å². The van der Waals surface area contributed by atoms with Crippen molar-refractivity contribution in [2.24, 2.45) is 7.05 Å². The average molecular weight is 414 g/mol. The molecule has 2 aliphatic rings. The van der Waals surface area contributed by atoms with Crippen LogP contribution >= 0.6 is 0 Å². The maximum absolute atomic E-state index is 6.60. The van der Waals surface area contributed by atoms with Crippen LogP contribution in [0.25, 0.3) is 22.4 Å². The van der Waals surface area contributed by atoms with Crippen molar-refractivity contribution in [3.63, 3.8) is 0 Å². The maximum atomic E-state index is 6.60. The second-order valence-electron chi connectivity index (χ2n) is 8.69. The van der Waals surface area contributed by atoms with E-state index in [4.69, 9.17) is 4.74 Å². The monoisotopic (exact) mass is 414 g/mol. The summed E-state index contributed by atoms with van der Waals surface area (Å²) in [6, 6.07) is 27.8. The number of aromatic amines is 1. The van der Waals surface area contributed by atoms with Crippen LogP contribution in [0.3, 0.4) is 0 Å². The van der Waals surface area contributed by atoms with Gasteiger partial charge in [0.15, 0.2) is 11.3 Å². The molecule has 0 fully saturated rings. The van der Waals surface area contributed by atoms with Crippen LogP contribution in [-0.2, 0) is 7.05 Å². The summed E-state index contributed by atoms with van der Waals surface area (Å²) in [5.74, 6) is 2.92. The van der Waals surface area contributed by atoms with E-state index < -0.39 is 0 Å².